The molecule has 1 unspecified atom stereocenters. The summed E-state index contributed by atoms with van der Waals surface area (Å²) < 4.78 is 14.9. The number of ketones is 1. The highest BCUT2D eigenvalue weighted by Gasteiger charge is 2.27. The van der Waals surface area contributed by atoms with Crippen LogP contribution in [0.4, 0.5) is 10.1 Å². The van der Waals surface area contributed by atoms with Crippen LogP contribution in [0.3, 0.4) is 0 Å². The largest absolute Gasteiger partial charge is 0.346 e. The number of hydrogen-bond donors (Lipinski definition) is 3. The molecule has 0 spiro atoms. The summed E-state index contributed by atoms with van der Waals surface area (Å²) in [4.78, 5) is 38.1. The van der Waals surface area contributed by atoms with Crippen LogP contribution in [0.2, 0.25) is 0 Å². The van der Waals surface area contributed by atoms with Gasteiger partial charge in [0.05, 0.1) is 17.8 Å². The predicted octanol–water partition coefficient (Wildman–Crippen LogP) is 2.16. The topological polar surface area (TPSA) is 146 Å². The quantitative estimate of drug-likeness (QED) is 0.381. The molecule has 2 aromatic heterocycles. The van der Waals surface area contributed by atoms with Gasteiger partial charge in [-0.2, -0.15) is 20.7 Å². The first-order valence-electron chi connectivity index (χ1n) is 9.64. The summed E-state index contributed by atoms with van der Waals surface area (Å²) in [6, 6.07) is 4.81. The fourth-order valence-electron chi connectivity index (χ4n) is 3.30. The first-order valence-corrected chi connectivity index (χ1v) is 9.64. The lowest BCUT2D eigenvalue weighted by Gasteiger charge is -2.13. The van der Waals surface area contributed by atoms with Crippen molar-refractivity contribution in [3.8, 4) is 6.07 Å². The number of Topliss-reactive ketones (excluding diaryl/α,β-unsaturated/α-hetero) is 1. The van der Waals surface area contributed by atoms with Crippen molar-refractivity contribution in [3.05, 3.63) is 64.5 Å². The highest BCUT2D eigenvalue weighted by molar-refractivity contribution is 6.43. The van der Waals surface area contributed by atoms with E-state index in [1.165, 1.54) is 29.1 Å². The van der Waals surface area contributed by atoms with Gasteiger partial charge in [-0.25, -0.2) is 4.39 Å². The van der Waals surface area contributed by atoms with Crippen LogP contribution < -0.4 is 10.6 Å². The lowest BCUT2D eigenvalue weighted by molar-refractivity contribution is -0.117. The summed E-state index contributed by atoms with van der Waals surface area (Å²) >= 11 is 0. The smallest absolute Gasteiger partial charge is 0.292 e. The minimum Gasteiger partial charge on any atom is -0.346 e. The van der Waals surface area contributed by atoms with Gasteiger partial charge in [0.2, 0.25) is 0 Å². The van der Waals surface area contributed by atoms with E-state index in [-0.39, 0.29) is 22.5 Å². The van der Waals surface area contributed by atoms with Gasteiger partial charge in [0.25, 0.3) is 17.6 Å². The van der Waals surface area contributed by atoms with Crippen LogP contribution in [0.1, 0.15) is 57.1 Å². The molecule has 164 valence electrons. The van der Waals surface area contributed by atoms with Gasteiger partial charge in [-0.3, -0.25) is 14.4 Å². The Morgan fingerprint density at radius 2 is 2.09 bits per heavy atom. The molecule has 1 atom stereocenters. The number of aryl methyl sites for hydroxylation is 1. The van der Waals surface area contributed by atoms with Crippen molar-refractivity contribution in [2.45, 2.75) is 26.3 Å². The Labute approximate surface area is 182 Å². The number of nitrogens with one attached hydrogen (secondary N) is 3. The molecule has 32 heavy (non-hydrogen) atoms. The maximum atomic E-state index is 13.5. The number of aromatic amines is 1. The number of halogens is 1. The number of hydrogen-bond acceptors (Lipinski definition) is 6. The molecule has 2 amide bonds. The SMILES string of the molecule is CCC(NC(=O)C(=O)c1cn(C)c(C(=O)Nc2ccc(F)c(C#N)c2)c1C)c1cn[nH]n1. The second-order valence-corrected chi connectivity index (χ2v) is 7.05. The molecule has 0 bridgehead atoms. The first-order chi connectivity index (χ1) is 15.3. The zero-order valence-electron chi connectivity index (χ0n) is 17.6. The third kappa shape index (κ3) is 4.39. The van der Waals surface area contributed by atoms with E-state index in [1.54, 1.807) is 20.0 Å². The van der Waals surface area contributed by atoms with E-state index in [9.17, 15) is 18.8 Å². The maximum absolute atomic E-state index is 13.5. The van der Waals surface area contributed by atoms with E-state index in [2.05, 4.69) is 26.0 Å². The van der Waals surface area contributed by atoms with Gasteiger partial charge < -0.3 is 15.2 Å². The van der Waals surface area contributed by atoms with Crippen molar-refractivity contribution in [2.75, 3.05) is 5.32 Å². The van der Waals surface area contributed by atoms with Crippen LogP contribution in [0, 0.1) is 24.1 Å². The zero-order valence-corrected chi connectivity index (χ0v) is 17.6. The number of H-pyrrole nitrogens is 1. The Balaban J connectivity index is 1.80. The van der Waals surface area contributed by atoms with Crippen LogP contribution >= 0.6 is 0 Å². The predicted molar refractivity (Wildman–Crippen MR) is 111 cm³/mol. The van der Waals surface area contributed by atoms with Gasteiger partial charge in [-0.05, 0) is 37.1 Å². The van der Waals surface area contributed by atoms with Gasteiger partial charge >= 0.3 is 0 Å². The Morgan fingerprint density at radius 1 is 1.34 bits per heavy atom. The van der Waals surface area contributed by atoms with Gasteiger partial charge in [0, 0.05) is 24.5 Å². The summed E-state index contributed by atoms with van der Waals surface area (Å²) in [5, 5.41) is 24.2. The molecular weight excluding hydrogens is 417 g/mol. The Bertz CT molecular complexity index is 1220. The molecule has 0 aliphatic heterocycles. The average Bonchev–Trinajstić information content (AvgIpc) is 3.40. The molecular formula is C21H20FN7O3. The lowest BCUT2D eigenvalue weighted by atomic mass is 10.1. The van der Waals surface area contributed by atoms with E-state index in [0.29, 0.717) is 17.7 Å². The molecule has 1 aromatic carbocycles. The highest BCUT2D eigenvalue weighted by atomic mass is 19.1. The number of aromatic nitrogens is 4. The molecule has 3 rings (SSSR count). The number of carbonyl (C=O) groups is 3. The lowest BCUT2D eigenvalue weighted by Crippen LogP contribution is -2.34. The van der Waals surface area contributed by atoms with Crippen LogP contribution in [0.5, 0.6) is 0 Å². The number of benzene rings is 1. The minimum atomic E-state index is -0.835. The molecule has 2 heterocycles. The van der Waals surface area contributed by atoms with Crippen molar-refractivity contribution in [1.29, 1.82) is 5.26 Å². The molecule has 3 aromatic rings. The van der Waals surface area contributed by atoms with Crippen molar-refractivity contribution < 1.29 is 18.8 Å². The molecule has 0 aliphatic rings. The van der Waals surface area contributed by atoms with E-state index in [0.717, 1.165) is 6.07 Å². The van der Waals surface area contributed by atoms with E-state index < -0.39 is 29.5 Å². The van der Waals surface area contributed by atoms with Crippen LogP contribution in [0.25, 0.3) is 0 Å². The summed E-state index contributed by atoms with van der Waals surface area (Å²) in [5.41, 5.74) is 1.03. The van der Waals surface area contributed by atoms with Crippen LogP contribution in [0.15, 0.2) is 30.6 Å². The third-order valence-electron chi connectivity index (χ3n) is 4.95. The molecule has 0 fully saturated rings. The standard InChI is InChI=1S/C21H20FN7O3/c1-4-16(17-9-24-28-27-17)26-21(32)19(30)14-10-29(3)18(11(14)2)20(31)25-13-5-6-15(22)12(7-13)8-23/h5-7,9-10,16H,4H2,1-3H3,(H,25,31)(H,26,32)(H,24,27,28). The summed E-state index contributed by atoms with van der Waals surface area (Å²) in [6.45, 7) is 3.38. The Hall–Kier alpha value is -4.33. The first kappa shape index (κ1) is 22.4. The molecule has 0 saturated carbocycles. The molecule has 0 saturated heterocycles. The molecule has 3 N–H and O–H groups in total. The summed E-state index contributed by atoms with van der Waals surface area (Å²) in [6.07, 6.45) is 3.35. The molecule has 0 aliphatic carbocycles. The minimum absolute atomic E-state index is 0.0713. The maximum Gasteiger partial charge on any atom is 0.292 e. The highest BCUT2D eigenvalue weighted by Crippen LogP contribution is 2.21. The monoisotopic (exact) mass is 437 g/mol. The van der Waals surface area contributed by atoms with Gasteiger partial charge in [-0.1, -0.05) is 6.92 Å². The van der Waals surface area contributed by atoms with E-state index in [4.69, 9.17) is 5.26 Å². The molecule has 0 radical (unpaired) electrons. The summed E-state index contributed by atoms with van der Waals surface area (Å²) in [7, 11) is 1.56. The number of nitrogens with zero attached hydrogens (tertiary/aromatic N) is 4. The number of carbonyl (C=O) groups excluding carboxylic acids is 3. The van der Waals surface area contributed by atoms with Crippen molar-refractivity contribution in [2.24, 2.45) is 7.05 Å². The Kier molecular flexibility index (Phi) is 6.44. The van der Waals surface area contributed by atoms with Crippen LogP contribution in [-0.2, 0) is 11.8 Å². The normalized spacial score (nSPS) is 11.5. The van der Waals surface area contributed by atoms with Crippen molar-refractivity contribution in [3.63, 3.8) is 0 Å². The second-order valence-electron chi connectivity index (χ2n) is 7.05. The molecule has 10 nitrogen and oxygen atoms in total. The number of amides is 2. The van der Waals surface area contributed by atoms with Gasteiger partial charge in [0.15, 0.2) is 0 Å². The van der Waals surface area contributed by atoms with E-state index in [1.807, 2.05) is 6.92 Å². The fourth-order valence-corrected chi connectivity index (χ4v) is 3.30. The van der Waals surface area contributed by atoms with Crippen molar-refractivity contribution in [1.82, 2.24) is 25.3 Å². The summed E-state index contributed by atoms with van der Waals surface area (Å²) in [5.74, 6) is -2.91. The third-order valence-corrected chi connectivity index (χ3v) is 4.95. The fraction of sp³-hybridized carbons (Fsp3) is 0.238. The second kappa shape index (κ2) is 9.22. The number of anilines is 1. The van der Waals surface area contributed by atoms with E-state index >= 15 is 0 Å². The van der Waals surface area contributed by atoms with Crippen molar-refractivity contribution >= 4 is 23.3 Å². The van der Waals surface area contributed by atoms with Crippen LogP contribution in [-0.4, -0.2) is 37.6 Å². The van der Waals surface area contributed by atoms with Gasteiger partial charge in [0.1, 0.15) is 23.3 Å². The average molecular weight is 437 g/mol. The zero-order chi connectivity index (χ0) is 23.4. The number of nitriles is 1. The molecule has 11 heteroatoms. The van der Waals surface area contributed by atoms with Gasteiger partial charge in [-0.15, -0.1) is 0 Å². The number of rotatable bonds is 7. The Morgan fingerprint density at radius 3 is 2.72 bits per heavy atom.